The Morgan fingerprint density at radius 1 is 1.15 bits per heavy atom. The number of benzene rings is 1. The first-order valence-corrected chi connectivity index (χ1v) is 9.14. The molecule has 2 aromatic rings. The number of anilines is 1. The third-order valence-corrected chi connectivity index (χ3v) is 5.00. The molecule has 0 unspecified atom stereocenters. The van der Waals surface area contributed by atoms with Gasteiger partial charge in [0.05, 0.1) is 18.1 Å². The number of ether oxygens (including phenoxy) is 1. The van der Waals surface area contributed by atoms with Crippen molar-refractivity contribution in [3.05, 3.63) is 48.3 Å². The van der Waals surface area contributed by atoms with Gasteiger partial charge < -0.3 is 20.7 Å². The van der Waals surface area contributed by atoms with Gasteiger partial charge in [-0.25, -0.2) is 0 Å². The number of pyridine rings is 1. The van der Waals surface area contributed by atoms with E-state index >= 15 is 0 Å². The van der Waals surface area contributed by atoms with Crippen molar-refractivity contribution in [2.24, 2.45) is 0 Å². The molecule has 2 aliphatic rings. The Morgan fingerprint density at radius 2 is 1.96 bits per heavy atom. The lowest BCUT2D eigenvalue weighted by Gasteiger charge is -2.21. The number of carbonyl (C=O) groups is 2. The molecular weight excluding hydrogens is 344 g/mol. The van der Waals surface area contributed by atoms with Crippen LogP contribution in [-0.4, -0.2) is 34.9 Å². The second-order valence-electron chi connectivity index (χ2n) is 7.08. The Hall–Kier alpha value is -2.93. The van der Waals surface area contributed by atoms with Crippen LogP contribution in [0.1, 0.15) is 36.5 Å². The predicted octanol–water partition coefficient (Wildman–Crippen LogP) is 2.46. The van der Waals surface area contributed by atoms with E-state index < -0.39 is 0 Å². The van der Waals surface area contributed by atoms with Gasteiger partial charge in [-0.2, -0.15) is 0 Å². The molecule has 27 heavy (non-hydrogen) atoms. The molecule has 7 heteroatoms. The van der Waals surface area contributed by atoms with Gasteiger partial charge >= 0.3 is 0 Å². The lowest BCUT2D eigenvalue weighted by atomic mass is 9.95. The van der Waals surface area contributed by atoms with Gasteiger partial charge in [0.25, 0.3) is 5.91 Å². The van der Waals surface area contributed by atoms with Gasteiger partial charge in [-0.15, -0.1) is 0 Å². The summed E-state index contributed by atoms with van der Waals surface area (Å²) in [5.74, 6) is 0.867. The summed E-state index contributed by atoms with van der Waals surface area (Å²) in [6, 6.07) is 9.86. The Balaban J connectivity index is 1.37. The zero-order valence-corrected chi connectivity index (χ0v) is 15.1. The molecular formula is C20H22N4O3. The lowest BCUT2D eigenvalue weighted by Crippen LogP contribution is -2.42. The summed E-state index contributed by atoms with van der Waals surface area (Å²) in [6.07, 6.45) is 6.46. The molecule has 2 aliphatic heterocycles. The molecule has 4 rings (SSSR count). The predicted molar refractivity (Wildman–Crippen MR) is 101 cm³/mol. The number of rotatable bonds is 5. The molecule has 2 saturated heterocycles. The Labute approximate surface area is 157 Å². The third-order valence-electron chi connectivity index (χ3n) is 5.00. The smallest absolute Gasteiger partial charge is 0.251 e. The Morgan fingerprint density at radius 3 is 2.63 bits per heavy atom. The number of carbonyl (C=O) groups excluding carboxylic acids is 2. The molecule has 1 aromatic carbocycles. The van der Waals surface area contributed by atoms with Crippen LogP contribution in [0, 0.1) is 0 Å². The summed E-state index contributed by atoms with van der Waals surface area (Å²) in [7, 11) is 0. The summed E-state index contributed by atoms with van der Waals surface area (Å²) >= 11 is 0. The van der Waals surface area contributed by atoms with E-state index in [2.05, 4.69) is 20.9 Å². The van der Waals surface area contributed by atoms with Crippen molar-refractivity contribution in [2.75, 3.05) is 5.32 Å². The highest BCUT2D eigenvalue weighted by Crippen LogP contribution is 2.28. The van der Waals surface area contributed by atoms with Crippen molar-refractivity contribution in [2.45, 2.75) is 44.3 Å². The van der Waals surface area contributed by atoms with Crippen LogP contribution in [0.2, 0.25) is 0 Å². The van der Waals surface area contributed by atoms with E-state index in [1.807, 2.05) is 0 Å². The van der Waals surface area contributed by atoms with Crippen LogP contribution >= 0.6 is 0 Å². The summed E-state index contributed by atoms with van der Waals surface area (Å²) in [5, 5.41) is 9.31. The minimum absolute atomic E-state index is 0.0600. The van der Waals surface area contributed by atoms with E-state index in [0.717, 1.165) is 12.8 Å². The molecule has 140 valence electrons. The number of fused-ring (bicyclic) bond motifs is 2. The zero-order chi connectivity index (χ0) is 18.8. The van der Waals surface area contributed by atoms with Crippen LogP contribution in [-0.2, 0) is 4.79 Å². The molecule has 0 spiro atoms. The molecule has 0 saturated carbocycles. The third kappa shape index (κ3) is 4.09. The normalized spacial score (nSPS) is 23.1. The highest BCUT2D eigenvalue weighted by molar-refractivity contribution is 5.94. The molecule has 0 aliphatic carbocycles. The molecule has 3 N–H and O–H groups in total. The Kier molecular flexibility index (Phi) is 4.77. The molecule has 2 bridgehead atoms. The first-order valence-electron chi connectivity index (χ1n) is 9.14. The van der Waals surface area contributed by atoms with Gasteiger partial charge in [-0.1, -0.05) is 0 Å². The average Bonchev–Trinajstić information content (AvgIpc) is 3.25. The summed E-state index contributed by atoms with van der Waals surface area (Å²) in [6.45, 7) is 1.43. The monoisotopic (exact) mass is 366 g/mol. The quantitative estimate of drug-likeness (QED) is 0.756. The van der Waals surface area contributed by atoms with E-state index in [9.17, 15) is 9.59 Å². The highest BCUT2D eigenvalue weighted by Gasteiger charge is 2.39. The highest BCUT2D eigenvalue weighted by atomic mass is 16.5. The minimum Gasteiger partial charge on any atom is -0.456 e. The van der Waals surface area contributed by atoms with Crippen molar-refractivity contribution < 1.29 is 14.3 Å². The van der Waals surface area contributed by atoms with Crippen LogP contribution in [0.15, 0.2) is 42.7 Å². The first-order chi connectivity index (χ1) is 13.1. The zero-order valence-electron chi connectivity index (χ0n) is 15.1. The number of aromatic nitrogens is 1. The van der Waals surface area contributed by atoms with E-state index in [1.54, 1.807) is 42.7 Å². The van der Waals surface area contributed by atoms with E-state index in [1.165, 1.54) is 13.3 Å². The Bertz CT molecular complexity index is 853. The second-order valence-corrected chi connectivity index (χ2v) is 7.08. The summed E-state index contributed by atoms with van der Waals surface area (Å²) in [4.78, 5) is 27.6. The molecule has 7 nitrogen and oxygen atoms in total. The van der Waals surface area contributed by atoms with Crippen LogP contribution in [0.5, 0.6) is 11.5 Å². The maximum atomic E-state index is 12.5. The number of amides is 2. The molecule has 3 heterocycles. The van der Waals surface area contributed by atoms with Crippen LogP contribution in [0.25, 0.3) is 0 Å². The van der Waals surface area contributed by atoms with Gasteiger partial charge in [0.1, 0.15) is 11.5 Å². The van der Waals surface area contributed by atoms with Gasteiger partial charge in [-0.05, 0) is 43.5 Å². The van der Waals surface area contributed by atoms with E-state index in [0.29, 0.717) is 34.8 Å². The number of nitrogens with zero attached hydrogens (tertiary/aromatic N) is 1. The van der Waals surface area contributed by atoms with Gasteiger partial charge in [0, 0.05) is 36.7 Å². The van der Waals surface area contributed by atoms with Crippen molar-refractivity contribution in [3.63, 3.8) is 0 Å². The maximum absolute atomic E-state index is 12.5. The van der Waals surface area contributed by atoms with Gasteiger partial charge in [-0.3, -0.25) is 14.6 Å². The fourth-order valence-electron chi connectivity index (χ4n) is 3.79. The van der Waals surface area contributed by atoms with Gasteiger partial charge in [0.15, 0.2) is 0 Å². The topological polar surface area (TPSA) is 92.3 Å². The van der Waals surface area contributed by atoms with Crippen molar-refractivity contribution >= 4 is 17.5 Å². The number of hydrogen-bond donors (Lipinski definition) is 3. The lowest BCUT2D eigenvalue weighted by molar-refractivity contribution is -0.114. The largest absolute Gasteiger partial charge is 0.456 e. The molecule has 2 fully saturated rings. The molecule has 1 aromatic heterocycles. The standard InChI is InChI=1S/C20H22N4O3/c1-12(25)22-15-8-17(11-21-10-15)27-16-5-2-13(3-6-16)20(26)24-19-9-14-4-7-18(19)23-14/h2-3,5-6,8,10-11,14,18-19,23H,4,7,9H2,1H3,(H,22,25)(H,24,26)/t14-,18+,19-/m1/s1. The van der Waals surface area contributed by atoms with E-state index in [-0.39, 0.29) is 17.9 Å². The van der Waals surface area contributed by atoms with Crippen LogP contribution < -0.4 is 20.7 Å². The SMILES string of the molecule is CC(=O)Nc1cncc(Oc2ccc(C(=O)N[C@@H]3C[C@H]4CC[C@@H]3N4)cc2)c1. The number of nitrogens with one attached hydrogen (secondary N) is 3. The van der Waals surface area contributed by atoms with Gasteiger partial charge in [0.2, 0.25) is 5.91 Å². The second kappa shape index (κ2) is 7.36. The number of hydrogen-bond acceptors (Lipinski definition) is 5. The minimum atomic E-state index is -0.171. The van der Waals surface area contributed by atoms with Crippen molar-refractivity contribution in [1.82, 2.24) is 15.6 Å². The van der Waals surface area contributed by atoms with Crippen molar-refractivity contribution in [1.29, 1.82) is 0 Å². The first kappa shape index (κ1) is 17.5. The van der Waals surface area contributed by atoms with Crippen molar-refractivity contribution in [3.8, 4) is 11.5 Å². The average molecular weight is 366 g/mol. The van der Waals surface area contributed by atoms with Crippen LogP contribution in [0.3, 0.4) is 0 Å². The van der Waals surface area contributed by atoms with Crippen LogP contribution in [0.4, 0.5) is 5.69 Å². The molecule has 2 amide bonds. The summed E-state index contributed by atoms with van der Waals surface area (Å²) in [5.41, 5.74) is 1.17. The molecule has 3 atom stereocenters. The fourth-order valence-corrected chi connectivity index (χ4v) is 3.79. The molecule has 0 radical (unpaired) electrons. The maximum Gasteiger partial charge on any atom is 0.251 e. The van der Waals surface area contributed by atoms with E-state index in [4.69, 9.17) is 4.74 Å². The fraction of sp³-hybridized carbons (Fsp3) is 0.350. The summed E-state index contributed by atoms with van der Waals surface area (Å²) < 4.78 is 5.75.